The van der Waals surface area contributed by atoms with Gasteiger partial charge in [-0.3, -0.25) is 0 Å². The fraction of sp³-hybridized carbons (Fsp3) is 0.350. The molecule has 1 fully saturated rings. The molecule has 1 aliphatic rings. The molecular formula is C20H23NO3. The Morgan fingerprint density at radius 1 is 1.04 bits per heavy atom. The maximum absolute atomic E-state index is 12.8. The van der Waals surface area contributed by atoms with Crippen molar-refractivity contribution in [3.05, 3.63) is 71.8 Å². The van der Waals surface area contributed by atoms with Gasteiger partial charge in [-0.2, -0.15) is 0 Å². The normalized spacial score (nSPS) is 18.1. The predicted molar refractivity (Wildman–Crippen MR) is 92.5 cm³/mol. The number of nitrogens with one attached hydrogen (secondary N) is 1. The van der Waals surface area contributed by atoms with Gasteiger partial charge in [0.05, 0.1) is 0 Å². The summed E-state index contributed by atoms with van der Waals surface area (Å²) < 4.78 is 5.50. The fourth-order valence-corrected chi connectivity index (χ4v) is 3.11. The third-order valence-corrected chi connectivity index (χ3v) is 4.51. The maximum atomic E-state index is 12.8. The van der Waals surface area contributed by atoms with Crippen molar-refractivity contribution >= 4 is 5.97 Å². The molecule has 2 aromatic carbocycles. The molecule has 0 bridgehead atoms. The summed E-state index contributed by atoms with van der Waals surface area (Å²) in [7, 11) is 0. The number of hydrogen-bond acceptors (Lipinski definition) is 4. The second-order valence-corrected chi connectivity index (χ2v) is 6.19. The highest BCUT2D eigenvalue weighted by Gasteiger charge is 2.41. The van der Waals surface area contributed by atoms with Crippen LogP contribution in [0.2, 0.25) is 0 Å². The van der Waals surface area contributed by atoms with E-state index in [1.165, 1.54) is 0 Å². The highest BCUT2D eigenvalue weighted by atomic mass is 16.5. The number of carbonyl (C=O) groups is 1. The van der Waals surface area contributed by atoms with E-state index in [4.69, 9.17) is 4.74 Å². The molecule has 0 spiro atoms. The number of aliphatic hydroxyl groups is 1. The number of rotatable bonds is 5. The van der Waals surface area contributed by atoms with Gasteiger partial charge >= 0.3 is 5.97 Å². The quantitative estimate of drug-likeness (QED) is 0.830. The molecule has 0 unspecified atom stereocenters. The minimum Gasteiger partial charge on any atom is -0.461 e. The van der Waals surface area contributed by atoms with Crippen LogP contribution in [0, 0.1) is 0 Å². The largest absolute Gasteiger partial charge is 0.461 e. The van der Waals surface area contributed by atoms with Gasteiger partial charge in [-0.1, -0.05) is 67.1 Å². The molecule has 1 heterocycles. The van der Waals surface area contributed by atoms with E-state index in [9.17, 15) is 9.90 Å². The molecule has 2 N–H and O–H groups in total. The number of hydrogen-bond donors (Lipinski definition) is 2. The third-order valence-electron chi connectivity index (χ3n) is 4.51. The van der Waals surface area contributed by atoms with Crippen molar-refractivity contribution in [1.29, 1.82) is 0 Å². The molecule has 126 valence electrons. The second kappa shape index (κ2) is 7.60. The van der Waals surface area contributed by atoms with Gasteiger partial charge in [0.2, 0.25) is 5.60 Å². The average molecular weight is 325 g/mol. The summed E-state index contributed by atoms with van der Waals surface area (Å²) >= 11 is 0. The van der Waals surface area contributed by atoms with Crippen molar-refractivity contribution in [3.8, 4) is 0 Å². The number of ether oxygens (including phenoxy) is 1. The Bertz CT molecular complexity index is 612. The maximum Gasteiger partial charge on any atom is 0.347 e. The SMILES string of the molecule is O=C(OC[C@@H]1CCCCN1)C(O)(c1ccccc1)c1ccccc1. The lowest BCUT2D eigenvalue weighted by molar-refractivity contribution is -0.163. The summed E-state index contributed by atoms with van der Waals surface area (Å²) in [5.41, 5.74) is -0.771. The van der Waals surface area contributed by atoms with Crippen LogP contribution >= 0.6 is 0 Å². The smallest absolute Gasteiger partial charge is 0.347 e. The Hall–Kier alpha value is -2.17. The standard InChI is InChI=1S/C20H23NO3/c22-19(24-15-18-13-7-8-14-21-18)20(23,16-9-3-1-4-10-16)17-11-5-2-6-12-17/h1-6,9-12,18,21,23H,7-8,13-15H2/t18-/m0/s1. The lowest BCUT2D eigenvalue weighted by Crippen LogP contribution is -2.43. The van der Waals surface area contributed by atoms with Crippen molar-refractivity contribution in [2.24, 2.45) is 0 Å². The minimum absolute atomic E-state index is 0.165. The molecule has 0 radical (unpaired) electrons. The zero-order valence-electron chi connectivity index (χ0n) is 13.7. The van der Waals surface area contributed by atoms with Gasteiger partial charge in [0.25, 0.3) is 0 Å². The molecule has 1 aliphatic heterocycles. The first-order valence-corrected chi connectivity index (χ1v) is 8.45. The van der Waals surface area contributed by atoms with Crippen molar-refractivity contribution in [2.75, 3.05) is 13.2 Å². The van der Waals surface area contributed by atoms with E-state index < -0.39 is 11.6 Å². The zero-order chi connectivity index (χ0) is 16.8. The lowest BCUT2D eigenvalue weighted by Gasteiger charge is -2.29. The Morgan fingerprint density at radius 3 is 2.12 bits per heavy atom. The molecule has 0 aromatic heterocycles. The van der Waals surface area contributed by atoms with Gasteiger partial charge in [0.1, 0.15) is 6.61 Å². The second-order valence-electron chi connectivity index (χ2n) is 6.19. The highest BCUT2D eigenvalue weighted by molar-refractivity contribution is 5.85. The first-order chi connectivity index (χ1) is 11.7. The van der Waals surface area contributed by atoms with E-state index in [2.05, 4.69) is 5.32 Å². The average Bonchev–Trinajstić information content (AvgIpc) is 2.67. The monoisotopic (exact) mass is 325 g/mol. The van der Waals surface area contributed by atoms with Gasteiger partial charge in [0, 0.05) is 6.04 Å². The van der Waals surface area contributed by atoms with E-state index in [0.29, 0.717) is 11.1 Å². The van der Waals surface area contributed by atoms with Gasteiger partial charge < -0.3 is 15.2 Å². The van der Waals surface area contributed by atoms with Crippen LogP contribution in [0.1, 0.15) is 30.4 Å². The van der Waals surface area contributed by atoms with Crippen molar-refractivity contribution < 1.29 is 14.6 Å². The molecule has 1 saturated heterocycles. The van der Waals surface area contributed by atoms with Crippen molar-refractivity contribution in [2.45, 2.75) is 30.9 Å². The van der Waals surface area contributed by atoms with E-state index in [-0.39, 0.29) is 12.6 Å². The Labute approximate surface area is 142 Å². The number of esters is 1. The summed E-state index contributed by atoms with van der Waals surface area (Å²) in [5.74, 6) is -0.632. The first-order valence-electron chi connectivity index (χ1n) is 8.45. The summed E-state index contributed by atoms with van der Waals surface area (Å²) in [5, 5.41) is 14.6. The number of benzene rings is 2. The van der Waals surface area contributed by atoms with E-state index >= 15 is 0 Å². The van der Waals surface area contributed by atoms with Crippen LogP contribution in [0.3, 0.4) is 0 Å². The van der Waals surface area contributed by atoms with Crippen molar-refractivity contribution in [3.63, 3.8) is 0 Å². The summed E-state index contributed by atoms with van der Waals surface area (Å²) in [6.07, 6.45) is 3.28. The molecule has 2 aromatic rings. The molecule has 0 aliphatic carbocycles. The summed E-state index contributed by atoms with van der Waals surface area (Å²) in [6.45, 7) is 1.23. The lowest BCUT2D eigenvalue weighted by atomic mass is 9.86. The Balaban J connectivity index is 1.83. The molecule has 0 saturated carbocycles. The number of carbonyl (C=O) groups excluding carboxylic acids is 1. The zero-order valence-corrected chi connectivity index (χ0v) is 13.7. The van der Waals surface area contributed by atoms with Gasteiger partial charge in [-0.05, 0) is 30.5 Å². The van der Waals surface area contributed by atoms with E-state index in [0.717, 1.165) is 25.8 Å². The summed E-state index contributed by atoms with van der Waals surface area (Å²) in [4.78, 5) is 12.8. The van der Waals surface area contributed by atoms with Crippen LogP contribution < -0.4 is 5.32 Å². The van der Waals surface area contributed by atoms with Crippen LogP contribution in [-0.2, 0) is 15.1 Å². The Morgan fingerprint density at radius 2 is 1.62 bits per heavy atom. The topological polar surface area (TPSA) is 58.6 Å². The van der Waals surface area contributed by atoms with Gasteiger partial charge in [-0.15, -0.1) is 0 Å². The molecule has 4 heteroatoms. The molecule has 0 amide bonds. The number of piperidine rings is 1. The van der Waals surface area contributed by atoms with Crippen LogP contribution in [0.15, 0.2) is 60.7 Å². The van der Waals surface area contributed by atoms with E-state index in [1.54, 1.807) is 48.5 Å². The summed E-state index contributed by atoms with van der Waals surface area (Å²) in [6, 6.07) is 18.1. The van der Waals surface area contributed by atoms with Crippen LogP contribution in [0.25, 0.3) is 0 Å². The van der Waals surface area contributed by atoms with Crippen molar-refractivity contribution in [1.82, 2.24) is 5.32 Å². The minimum atomic E-state index is -1.79. The van der Waals surface area contributed by atoms with Crippen LogP contribution in [0.4, 0.5) is 0 Å². The molecule has 24 heavy (non-hydrogen) atoms. The van der Waals surface area contributed by atoms with E-state index in [1.807, 2.05) is 12.1 Å². The van der Waals surface area contributed by atoms with Crippen LogP contribution in [0.5, 0.6) is 0 Å². The van der Waals surface area contributed by atoms with Gasteiger partial charge in [-0.25, -0.2) is 4.79 Å². The predicted octanol–water partition coefficient (Wildman–Crippen LogP) is 2.61. The molecule has 1 atom stereocenters. The third kappa shape index (κ3) is 3.50. The Kier molecular flexibility index (Phi) is 5.28. The molecule has 4 nitrogen and oxygen atoms in total. The molecular weight excluding hydrogens is 302 g/mol. The van der Waals surface area contributed by atoms with Gasteiger partial charge in [0.15, 0.2) is 0 Å². The van der Waals surface area contributed by atoms with Crippen LogP contribution in [-0.4, -0.2) is 30.3 Å². The highest BCUT2D eigenvalue weighted by Crippen LogP contribution is 2.31. The fourth-order valence-electron chi connectivity index (χ4n) is 3.11. The first kappa shape index (κ1) is 16.7. The molecule has 3 rings (SSSR count).